The molecule has 1 aliphatic rings. The van der Waals surface area contributed by atoms with Crippen LogP contribution in [-0.2, 0) is 0 Å². The van der Waals surface area contributed by atoms with Crippen molar-refractivity contribution < 1.29 is 5.11 Å². The molecule has 0 saturated carbocycles. The quantitative estimate of drug-likeness (QED) is 0.834. The molecule has 2 aromatic rings. The second-order valence-electron chi connectivity index (χ2n) is 4.53. The zero-order chi connectivity index (χ0) is 13.2. The van der Waals surface area contributed by atoms with Crippen LogP contribution in [0.1, 0.15) is 13.0 Å². The molecule has 2 atom stereocenters. The lowest BCUT2D eigenvalue weighted by molar-refractivity contribution is 0.444. The van der Waals surface area contributed by atoms with E-state index in [2.05, 4.69) is 29.1 Å². The van der Waals surface area contributed by atoms with Crippen LogP contribution in [0.4, 0.5) is 0 Å². The molecule has 1 N–H and O–H groups in total. The van der Waals surface area contributed by atoms with E-state index >= 15 is 0 Å². The van der Waals surface area contributed by atoms with Crippen molar-refractivity contribution in [3.63, 3.8) is 0 Å². The Labute approximate surface area is 111 Å². The van der Waals surface area contributed by atoms with Gasteiger partial charge in [0.1, 0.15) is 11.4 Å². The number of allylic oxidation sites excluding steroid dienone is 2. The van der Waals surface area contributed by atoms with E-state index < -0.39 is 0 Å². The molecule has 4 heteroatoms. The molecule has 2 unspecified atom stereocenters. The van der Waals surface area contributed by atoms with Gasteiger partial charge in [0.25, 0.3) is 0 Å². The van der Waals surface area contributed by atoms with Crippen LogP contribution < -0.4 is 0 Å². The van der Waals surface area contributed by atoms with E-state index in [0.29, 0.717) is 11.3 Å². The minimum absolute atomic E-state index is 0.0911. The van der Waals surface area contributed by atoms with Gasteiger partial charge in [0.2, 0.25) is 0 Å². The first-order valence-electron chi connectivity index (χ1n) is 6.13. The summed E-state index contributed by atoms with van der Waals surface area (Å²) in [6.45, 7) is 2.06. The van der Waals surface area contributed by atoms with Crippen molar-refractivity contribution >= 4 is 0 Å². The van der Waals surface area contributed by atoms with Gasteiger partial charge in [-0.15, -0.1) is 5.10 Å². The molecule has 94 valence electrons. The second-order valence-corrected chi connectivity index (χ2v) is 4.53. The van der Waals surface area contributed by atoms with Crippen LogP contribution in [0.25, 0.3) is 11.3 Å². The molecule has 0 radical (unpaired) electrons. The maximum absolute atomic E-state index is 9.82. The Hall–Kier alpha value is -2.54. The van der Waals surface area contributed by atoms with Crippen molar-refractivity contribution in [3.05, 3.63) is 42.6 Å². The Bertz CT molecular complexity index is 691. The molecule has 0 amide bonds. The topological polar surface area (TPSA) is 50.9 Å². The molecule has 4 nitrogen and oxygen atoms in total. The van der Waals surface area contributed by atoms with Gasteiger partial charge in [-0.05, 0) is 25.1 Å². The number of hydrogen-bond donors (Lipinski definition) is 1. The van der Waals surface area contributed by atoms with Crippen LogP contribution in [0.15, 0.2) is 42.6 Å². The predicted molar refractivity (Wildman–Crippen MR) is 72.2 cm³/mol. The molecule has 1 heterocycles. The fourth-order valence-corrected chi connectivity index (χ4v) is 2.13. The largest absolute Gasteiger partial charge is 0.507 e. The van der Waals surface area contributed by atoms with Gasteiger partial charge < -0.3 is 5.11 Å². The smallest absolute Gasteiger partial charge is 0.125 e. The van der Waals surface area contributed by atoms with E-state index in [1.165, 1.54) is 0 Å². The number of hydrogen-bond acceptors (Lipinski definition) is 3. The van der Waals surface area contributed by atoms with Crippen molar-refractivity contribution in [3.8, 4) is 28.8 Å². The van der Waals surface area contributed by atoms with Crippen molar-refractivity contribution in [1.82, 2.24) is 15.0 Å². The van der Waals surface area contributed by atoms with E-state index in [9.17, 15) is 5.11 Å². The van der Waals surface area contributed by atoms with Crippen molar-refractivity contribution in [2.24, 2.45) is 5.92 Å². The van der Waals surface area contributed by atoms with Crippen LogP contribution in [0.5, 0.6) is 5.75 Å². The maximum Gasteiger partial charge on any atom is 0.125 e. The number of benzene rings is 1. The fraction of sp³-hybridized carbons (Fsp3) is 0.200. The first-order valence-corrected chi connectivity index (χ1v) is 6.13. The number of nitrogens with zero attached hydrogens (tertiary/aromatic N) is 3. The normalized spacial score (nSPS) is 20.9. The first-order chi connectivity index (χ1) is 9.25. The summed E-state index contributed by atoms with van der Waals surface area (Å²) in [4.78, 5) is 0. The monoisotopic (exact) mass is 251 g/mol. The van der Waals surface area contributed by atoms with Gasteiger partial charge in [-0.1, -0.05) is 35.3 Å². The third-order valence-corrected chi connectivity index (χ3v) is 3.20. The summed E-state index contributed by atoms with van der Waals surface area (Å²) in [6.07, 6.45) is 5.70. The third-order valence-electron chi connectivity index (χ3n) is 3.20. The summed E-state index contributed by atoms with van der Waals surface area (Å²) in [6, 6.07) is 7.20. The molecular formula is C15H13N3O. The van der Waals surface area contributed by atoms with E-state index in [1.807, 2.05) is 30.5 Å². The highest BCUT2D eigenvalue weighted by molar-refractivity contribution is 5.65. The average molecular weight is 251 g/mol. The highest BCUT2D eigenvalue weighted by Crippen LogP contribution is 2.28. The third kappa shape index (κ3) is 2.11. The van der Waals surface area contributed by atoms with Gasteiger partial charge in [-0.3, -0.25) is 0 Å². The number of aromatic hydroxyl groups is 1. The van der Waals surface area contributed by atoms with Crippen molar-refractivity contribution in [2.45, 2.75) is 13.0 Å². The van der Waals surface area contributed by atoms with E-state index in [-0.39, 0.29) is 17.7 Å². The lowest BCUT2D eigenvalue weighted by atomic mass is 9.99. The Morgan fingerprint density at radius 1 is 1.32 bits per heavy atom. The molecule has 1 aromatic heterocycles. The summed E-state index contributed by atoms with van der Waals surface area (Å²) in [5, 5.41) is 18.1. The van der Waals surface area contributed by atoms with Gasteiger partial charge in [-0.2, -0.15) is 0 Å². The molecule has 0 spiro atoms. The standard InChI is InChI=1S/C15H13N3O/c1-11-6-2-4-8-14(11)18-10-13(16-17-18)12-7-3-5-9-15(12)19/h3-5,7-11,14,19H,1H3. The van der Waals surface area contributed by atoms with Crippen LogP contribution in [-0.4, -0.2) is 20.1 Å². The lowest BCUT2D eigenvalue weighted by Crippen LogP contribution is -2.16. The molecule has 0 saturated heterocycles. The van der Waals surface area contributed by atoms with Gasteiger partial charge in [-0.25, -0.2) is 4.68 Å². The molecule has 0 fully saturated rings. The van der Waals surface area contributed by atoms with E-state index in [4.69, 9.17) is 0 Å². The Morgan fingerprint density at radius 2 is 2.16 bits per heavy atom. The van der Waals surface area contributed by atoms with Gasteiger partial charge in [0, 0.05) is 11.5 Å². The first kappa shape index (κ1) is 11.5. The number of rotatable bonds is 2. The van der Waals surface area contributed by atoms with Crippen LogP contribution in [0, 0.1) is 17.8 Å². The number of para-hydroxylation sites is 1. The number of aromatic nitrogens is 3. The van der Waals surface area contributed by atoms with Gasteiger partial charge in [0.15, 0.2) is 0 Å². The maximum atomic E-state index is 9.82. The van der Waals surface area contributed by atoms with Crippen molar-refractivity contribution in [2.75, 3.05) is 0 Å². The second kappa shape index (κ2) is 4.62. The number of phenolic OH excluding ortho intramolecular Hbond substituents is 1. The van der Waals surface area contributed by atoms with E-state index in [0.717, 1.165) is 0 Å². The molecule has 0 bridgehead atoms. The van der Waals surface area contributed by atoms with Crippen LogP contribution in [0.2, 0.25) is 0 Å². The van der Waals surface area contributed by atoms with Crippen molar-refractivity contribution in [1.29, 1.82) is 0 Å². The highest BCUT2D eigenvalue weighted by Gasteiger charge is 2.18. The summed E-state index contributed by atoms with van der Waals surface area (Å²) in [5.74, 6) is 6.47. The van der Waals surface area contributed by atoms with Gasteiger partial charge >= 0.3 is 0 Å². The predicted octanol–water partition coefficient (Wildman–Crippen LogP) is 2.40. The molecule has 0 aliphatic heterocycles. The minimum Gasteiger partial charge on any atom is -0.507 e. The number of phenols is 1. The summed E-state index contributed by atoms with van der Waals surface area (Å²) < 4.78 is 1.79. The summed E-state index contributed by atoms with van der Waals surface area (Å²) in [5.41, 5.74) is 1.35. The zero-order valence-electron chi connectivity index (χ0n) is 10.5. The van der Waals surface area contributed by atoms with Crippen LogP contribution >= 0.6 is 0 Å². The Balaban J connectivity index is 1.95. The van der Waals surface area contributed by atoms with Crippen LogP contribution in [0.3, 0.4) is 0 Å². The Kier molecular flexibility index (Phi) is 2.81. The molecular weight excluding hydrogens is 238 g/mol. The molecule has 19 heavy (non-hydrogen) atoms. The minimum atomic E-state index is 0.0911. The molecule has 1 aromatic carbocycles. The molecule has 3 rings (SSSR count). The fourth-order valence-electron chi connectivity index (χ4n) is 2.13. The highest BCUT2D eigenvalue weighted by atomic mass is 16.3. The van der Waals surface area contributed by atoms with Gasteiger partial charge in [0.05, 0.1) is 12.2 Å². The Morgan fingerprint density at radius 3 is 2.95 bits per heavy atom. The zero-order valence-corrected chi connectivity index (χ0v) is 10.5. The summed E-state index contributed by atoms with van der Waals surface area (Å²) >= 11 is 0. The van der Waals surface area contributed by atoms with E-state index in [1.54, 1.807) is 16.8 Å². The summed E-state index contributed by atoms with van der Waals surface area (Å²) in [7, 11) is 0. The lowest BCUT2D eigenvalue weighted by Gasteiger charge is -2.17. The average Bonchev–Trinajstić information content (AvgIpc) is 2.89. The molecule has 1 aliphatic carbocycles. The SMILES string of the molecule is CC1C#CC=CC1n1cc(-c2ccccc2O)nn1.